The molecule has 4 aromatic rings. The lowest BCUT2D eigenvalue weighted by Gasteiger charge is -2.17. The number of nitrogens with zero attached hydrogens (tertiary/aromatic N) is 1. The van der Waals surface area contributed by atoms with Crippen molar-refractivity contribution in [1.82, 2.24) is 10.3 Å². The molecule has 0 aliphatic carbocycles. The number of para-hydroxylation sites is 1. The maximum atomic E-state index is 13.4. The molecule has 1 heterocycles. The van der Waals surface area contributed by atoms with Gasteiger partial charge >= 0.3 is 0 Å². The first-order chi connectivity index (χ1) is 16.4. The number of hydrogen-bond donors (Lipinski definition) is 1. The third-order valence-corrected chi connectivity index (χ3v) is 6.17. The second kappa shape index (κ2) is 10.1. The molecule has 3 aromatic carbocycles. The van der Waals surface area contributed by atoms with E-state index in [-0.39, 0.29) is 11.9 Å². The van der Waals surface area contributed by atoms with Gasteiger partial charge in [-0.15, -0.1) is 0 Å². The third kappa shape index (κ3) is 4.70. The van der Waals surface area contributed by atoms with Crippen LogP contribution in [-0.2, 0) is 0 Å². The van der Waals surface area contributed by atoms with E-state index in [1.807, 2.05) is 67.6 Å². The van der Waals surface area contributed by atoms with Crippen molar-refractivity contribution in [3.05, 3.63) is 82.3 Å². The van der Waals surface area contributed by atoms with E-state index < -0.39 is 0 Å². The van der Waals surface area contributed by atoms with E-state index in [1.54, 1.807) is 27.4 Å². The Labute approximate surface area is 207 Å². The van der Waals surface area contributed by atoms with Gasteiger partial charge in [0, 0.05) is 15.4 Å². The largest absolute Gasteiger partial charge is 0.493 e. The summed E-state index contributed by atoms with van der Waals surface area (Å²) in [7, 11) is 4.69. The van der Waals surface area contributed by atoms with E-state index in [1.165, 1.54) is 0 Å². The van der Waals surface area contributed by atoms with Gasteiger partial charge in [-0.3, -0.25) is 4.79 Å². The second-order valence-corrected chi connectivity index (χ2v) is 8.65. The topological polar surface area (TPSA) is 69.7 Å². The van der Waals surface area contributed by atoms with E-state index in [2.05, 4.69) is 21.2 Å². The molecule has 1 atom stereocenters. The second-order valence-electron chi connectivity index (χ2n) is 7.73. The molecular weight excluding hydrogens is 496 g/mol. The van der Waals surface area contributed by atoms with E-state index in [0.29, 0.717) is 28.5 Å². The van der Waals surface area contributed by atoms with Gasteiger partial charge in [-0.2, -0.15) is 0 Å². The van der Waals surface area contributed by atoms with Gasteiger partial charge in [0.05, 0.1) is 44.1 Å². The van der Waals surface area contributed by atoms with Crippen molar-refractivity contribution in [3.63, 3.8) is 0 Å². The summed E-state index contributed by atoms with van der Waals surface area (Å²) in [6.45, 7) is 1.96. The predicted octanol–water partition coefficient (Wildman–Crippen LogP) is 6.18. The summed E-state index contributed by atoms with van der Waals surface area (Å²) < 4.78 is 17.4. The highest BCUT2D eigenvalue weighted by atomic mass is 79.9. The lowest BCUT2D eigenvalue weighted by atomic mass is 10.0. The first kappa shape index (κ1) is 23.6. The summed E-state index contributed by atoms with van der Waals surface area (Å²) >= 11 is 3.45. The predicted molar refractivity (Wildman–Crippen MR) is 137 cm³/mol. The molecule has 34 heavy (non-hydrogen) atoms. The molecule has 0 aliphatic heterocycles. The zero-order valence-electron chi connectivity index (χ0n) is 19.4. The molecule has 7 heteroatoms. The molecule has 0 spiro atoms. The Bertz CT molecular complexity index is 1310. The Kier molecular flexibility index (Phi) is 7.03. The maximum Gasteiger partial charge on any atom is 0.252 e. The number of methoxy groups -OCH3 is 3. The van der Waals surface area contributed by atoms with E-state index in [4.69, 9.17) is 19.2 Å². The number of nitrogens with one attached hydrogen (secondary N) is 1. The van der Waals surface area contributed by atoms with Gasteiger partial charge < -0.3 is 19.5 Å². The quantitative estimate of drug-likeness (QED) is 0.315. The van der Waals surface area contributed by atoms with Crippen LogP contribution >= 0.6 is 15.9 Å². The highest BCUT2D eigenvalue weighted by Gasteiger charge is 2.19. The molecule has 1 aromatic heterocycles. The van der Waals surface area contributed by atoms with Gasteiger partial charge in [0.15, 0.2) is 11.5 Å². The molecule has 0 aliphatic rings. The summed E-state index contributed by atoms with van der Waals surface area (Å²) in [6.07, 6.45) is 0. The van der Waals surface area contributed by atoms with Crippen molar-refractivity contribution in [2.24, 2.45) is 0 Å². The number of carbonyl (C=O) groups is 1. The van der Waals surface area contributed by atoms with Crippen LogP contribution < -0.4 is 19.5 Å². The highest BCUT2D eigenvalue weighted by Crippen LogP contribution is 2.41. The number of benzene rings is 3. The fourth-order valence-electron chi connectivity index (χ4n) is 3.85. The molecule has 6 nitrogen and oxygen atoms in total. The summed E-state index contributed by atoms with van der Waals surface area (Å²) in [5, 5.41) is 3.89. The van der Waals surface area contributed by atoms with Crippen molar-refractivity contribution < 1.29 is 19.0 Å². The lowest BCUT2D eigenvalue weighted by Crippen LogP contribution is -2.27. The molecule has 1 N–H and O–H groups in total. The average Bonchev–Trinajstić information content (AvgIpc) is 2.87. The SMILES string of the molecule is COc1cc(-c2cc(C(=O)N[C@@H](C)c3ccc(Br)cc3)c3ccccc3n2)cc(OC)c1OC. The zero-order valence-corrected chi connectivity index (χ0v) is 21.0. The Morgan fingerprint density at radius 3 is 2.18 bits per heavy atom. The van der Waals surface area contributed by atoms with Crippen LogP contribution in [-0.4, -0.2) is 32.2 Å². The van der Waals surface area contributed by atoms with Gasteiger partial charge in [-0.25, -0.2) is 4.98 Å². The van der Waals surface area contributed by atoms with Crippen LogP contribution in [0, 0.1) is 0 Å². The van der Waals surface area contributed by atoms with Crippen molar-refractivity contribution in [1.29, 1.82) is 0 Å². The molecular formula is C27H25BrN2O4. The normalized spacial score (nSPS) is 11.7. The number of carbonyl (C=O) groups excluding carboxylic acids is 1. The summed E-state index contributed by atoms with van der Waals surface area (Å²) in [6, 6.07) is 20.8. The Balaban J connectivity index is 1.78. The van der Waals surface area contributed by atoms with Crippen LogP contribution in [0.25, 0.3) is 22.2 Å². The summed E-state index contributed by atoms with van der Waals surface area (Å²) in [4.78, 5) is 18.2. The van der Waals surface area contributed by atoms with Crippen LogP contribution in [0.4, 0.5) is 0 Å². The first-order valence-corrected chi connectivity index (χ1v) is 11.5. The lowest BCUT2D eigenvalue weighted by molar-refractivity contribution is 0.0941. The summed E-state index contributed by atoms with van der Waals surface area (Å²) in [5.41, 5.74) is 3.64. The average molecular weight is 521 g/mol. The van der Waals surface area contributed by atoms with Crippen LogP contribution in [0.5, 0.6) is 17.2 Å². The minimum atomic E-state index is -0.178. The molecule has 0 fully saturated rings. The number of hydrogen-bond acceptors (Lipinski definition) is 5. The Morgan fingerprint density at radius 2 is 1.56 bits per heavy atom. The Hall–Kier alpha value is -3.58. The van der Waals surface area contributed by atoms with Gasteiger partial charge in [0.25, 0.3) is 5.91 Å². The number of aromatic nitrogens is 1. The number of pyridine rings is 1. The van der Waals surface area contributed by atoms with Crippen LogP contribution in [0.3, 0.4) is 0 Å². The van der Waals surface area contributed by atoms with Crippen molar-refractivity contribution >= 4 is 32.7 Å². The zero-order chi connectivity index (χ0) is 24.2. The fraction of sp³-hybridized carbons (Fsp3) is 0.185. The molecule has 0 saturated carbocycles. The van der Waals surface area contributed by atoms with Crippen molar-refractivity contribution in [3.8, 4) is 28.5 Å². The fourth-order valence-corrected chi connectivity index (χ4v) is 4.11. The van der Waals surface area contributed by atoms with Gasteiger partial charge in [-0.05, 0) is 48.9 Å². The number of amides is 1. The van der Waals surface area contributed by atoms with Crippen molar-refractivity contribution in [2.75, 3.05) is 21.3 Å². The van der Waals surface area contributed by atoms with E-state index in [0.717, 1.165) is 26.5 Å². The van der Waals surface area contributed by atoms with Crippen LogP contribution in [0.2, 0.25) is 0 Å². The van der Waals surface area contributed by atoms with E-state index >= 15 is 0 Å². The molecule has 0 bridgehead atoms. The number of ether oxygens (including phenoxy) is 3. The summed E-state index contributed by atoms with van der Waals surface area (Å²) in [5.74, 6) is 1.35. The van der Waals surface area contributed by atoms with Gasteiger partial charge in [-0.1, -0.05) is 46.3 Å². The minimum absolute atomic E-state index is 0.169. The third-order valence-electron chi connectivity index (χ3n) is 5.64. The van der Waals surface area contributed by atoms with Crippen LogP contribution in [0.1, 0.15) is 28.9 Å². The molecule has 0 radical (unpaired) electrons. The van der Waals surface area contributed by atoms with E-state index in [9.17, 15) is 4.79 Å². The smallest absolute Gasteiger partial charge is 0.252 e. The van der Waals surface area contributed by atoms with Gasteiger partial charge in [0.2, 0.25) is 5.75 Å². The first-order valence-electron chi connectivity index (χ1n) is 10.7. The number of rotatable bonds is 7. The Morgan fingerprint density at radius 1 is 0.912 bits per heavy atom. The highest BCUT2D eigenvalue weighted by molar-refractivity contribution is 9.10. The minimum Gasteiger partial charge on any atom is -0.493 e. The molecule has 1 amide bonds. The number of halogens is 1. The molecule has 0 unspecified atom stereocenters. The maximum absolute atomic E-state index is 13.4. The standard InChI is InChI=1S/C27H25BrN2O4/c1-16(17-9-11-19(28)12-10-17)29-27(31)21-15-23(30-22-8-6-5-7-20(21)22)18-13-24(32-2)26(34-4)25(14-18)33-3/h5-16H,1-4H3,(H,29,31)/t16-/m0/s1. The molecule has 0 saturated heterocycles. The van der Waals surface area contributed by atoms with Crippen molar-refractivity contribution in [2.45, 2.75) is 13.0 Å². The molecule has 4 rings (SSSR count). The number of fused-ring (bicyclic) bond motifs is 1. The van der Waals surface area contributed by atoms with Crippen LogP contribution in [0.15, 0.2) is 71.2 Å². The monoisotopic (exact) mass is 520 g/mol. The molecule has 174 valence electrons. The van der Waals surface area contributed by atoms with Gasteiger partial charge in [0.1, 0.15) is 0 Å².